The number of benzene rings is 2. The second-order valence-electron chi connectivity index (χ2n) is 7.92. The van der Waals surface area contributed by atoms with Gasteiger partial charge < -0.3 is 42.6 Å². The van der Waals surface area contributed by atoms with E-state index < -0.39 is 5.97 Å². The molecule has 0 bridgehead atoms. The Bertz CT molecular complexity index is 1390. The molecule has 13 N–H and O–H groups in total. The number of carboxylic acids is 1. The van der Waals surface area contributed by atoms with Crippen LogP contribution in [0.15, 0.2) is 66.9 Å². The largest absolute Gasteiger partial charge is 0.481 e. The topological polar surface area (TPSA) is 276 Å². The predicted molar refractivity (Wildman–Crippen MR) is 148 cm³/mol. The summed E-state index contributed by atoms with van der Waals surface area (Å²) in [6.07, 6.45) is 1.36. The van der Waals surface area contributed by atoms with Gasteiger partial charge in [0.15, 0.2) is 0 Å². The number of aromatic nitrogens is 3. The van der Waals surface area contributed by atoms with Crippen molar-refractivity contribution < 1.29 is 36.6 Å². The van der Waals surface area contributed by atoms with Crippen LogP contribution in [0.3, 0.4) is 0 Å². The molecule has 2 aromatic carbocycles. The molecule has 0 fully saturated rings. The second kappa shape index (κ2) is 14.7. The number of anilines is 2. The third-order valence-electron chi connectivity index (χ3n) is 5.59. The summed E-state index contributed by atoms with van der Waals surface area (Å²) >= 11 is 0. The summed E-state index contributed by atoms with van der Waals surface area (Å²) in [5.41, 5.74) is 8.92. The maximum atomic E-state index is 13.3. The van der Waals surface area contributed by atoms with Crippen molar-refractivity contribution in [3.63, 3.8) is 0 Å². The summed E-state index contributed by atoms with van der Waals surface area (Å²) in [4.78, 5) is 34.7. The fourth-order valence-electron chi connectivity index (χ4n) is 3.69. The van der Waals surface area contributed by atoms with Crippen molar-refractivity contribution in [2.24, 2.45) is 12.8 Å². The highest BCUT2D eigenvalue weighted by Gasteiger charge is 2.21. The van der Waals surface area contributed by atoms with Crippen LogP contribution in [0.25, 0.3) is 11.0 Å². The molecular weight excluding hydrogens is 510 g/mol. The molecule has 2 aromatic heterocycles. The van der Waals surface area contributed by atoms with Crippen molar-refractivity contribution >= 4 is 40.3 Å². The van der Waals surface area contributed by atoms with E-state index in [0.717, 1.165) is 17.0 Å². The Labute approximate surface area is 223 Å². The normalized spacial score (nSPS) is 9.67. The second-order valence-corrected chi connectivity index (χ2v) is 7.92. The lowest BCUT2D eigenvalue weighted by Crippen LogP contribution is -2.33. The zero-order valence-corrected chi connectivity index (χ0v) is 21.1. The summed E-state index contributed by atoms with van der Waals surface area (Å²) in [6, 6.07) is 17.6. The molecular formula is C25H33N7O7. The number of aryl methyl sites for hydroxylation is 1. The number of amidine groups is 1. The molecule has 0 atom stereocenters. The minimum Gasteiger partial charge on any atom is -0.481 e. The zero-order chi connectivity index (χ0) is 24.9. The average Bonchev–Trinajstić information content (AvgIpc) is 3.18. The standard InChI is InChI=1S/C25H25N7O3.4H2O/c1-31-20-10-7-17(25(35)32(13-11-23(33)34)21-4-2-3-12-28-21)14-19(20)30-22(31)15-29-18-8-5-16(6-9-18)24(26)27;;;;/h2-10,12,14,29H,11,13,15H2,1H3,(H3,26,27)(H,33,34);4*1H2. The fourth-order valence-corrected chi connectivity index (χ4v) is 3.69. The monoisotopic (exact) mass is 543 g/mol. The van der Waals surface area contributed by atoms with Crippen molar-refractivity contribution in [3.8, 4) is 0 Å². The molecule has 39 heavy (non-hydrogen) atoms. The summed E-state index contributed by atoms with van der Waals surface area (Å²) < 4.78 is 1.95. The van der Waals surface area contributed by atoms with E-state index in [2.05, 4.69) is 15.3 Å². The van der Waals surface area contributed by atoms with Gasteiger partial charge >= 0.3 is 5.97 Å². The number of imidazole rings is 1. The first-order chi connectivity index (χ1) is 16.8. The Balaban J connectivity index is 0.00000361. The van der Waals surface area contributed by atoms with Gasteiger partial charge in [-0.15, -0.1) is 0 Å². The number of hydrogen-bond acceptors (Lipinski definition) is 6. The first-order valence-corrected chi connectivity index (χ1v) is 10.9. The van der Waals surface area contributed by atoms with Gasteiger partial charge in [0.1, 0.15) is 17.5 Å². The highest BCUT2D eigenvalue weighted by Crippen LogP contribution is 2.21. The van der Waals surface area contributed by atoms with Crippen molar-refractivity contribution in [2.45, 2.75) is 13.0 Å². The van der Waals surface area contributed by atoms with Crippen LogP contribution in [0.1, 0.15) is 28.2 Å². The quantitative estimate of drug-likeness (QED) is 0.161. The first-order valence-electron chi connectivity index (χ1n) is 10.9. The number of carbonyl (C=O) groups is 2. The van der Waals surface area contributed by atoms with E-state index in [1.807, 2.05) is 29.8 Å². The number of nitrogens with zero attached hydrogens (tertiary/aromatic N) is 4. The van der Waals surface area contributed by atoms with Crippen LogP contribution in [0.5, 0.6) is 0 Å². The van der Waals surface area contributed by atoms with Gasteiger partial charge in [-0.1, -0.05) is 6.07 Å². The number of pyridine rings is 1. The van der Waals surface area contributed by atoms with E-state index in [4.69, 9.17) is 16.2 Å². The molecule has 210 valence electrons. The molecule has 4 aromatic rings. The summed E-state index contributed by atoms with van der Waals surface area (Å²) in [5, 5.41) is 19.9. The van der Waals surface area contributed by atoms with Gasteiger partial charge in [-0.2, -0.15) is 0 Å². The maximum Gasteiger partial charge on any atom is 0.305 e. The Morgan fingerprint density at radius 3 is 2.28 bits per heavy atom. The molecule has 1 amide bonds. The Morgan fingerprint density at radius 1 is 1.03 bits per heavy atom. The van der Waals surface area contributed by atoms with Gasteiger partial charge in [0.25, 0.3) is 5.91 Å². The highest BCUT2D eigenvalue weighted by molar-refractivity contribution is 6.07. The van der Waals surface area contributed by atoms with Gasteiger partial charge in [0, 0.05) is 36.6 Å². The Morgan fingerprint density at radius 2 is 1.69 bits per heavy atom. The van der Waals surface area contributed by atoms with E-state index in [-0.39, 0.29) is 46.6 Å². The third kappa shape index (κ3) is 7.80. The van der Waals surface area contributed by atoms with Crippen LogP contribution in [0.4, 0.5) is 11.5 Å². The average molecular weight is 544 g/mol. The Kier molecular flexibility index (Phi) is 12.9. The molecule has 0 spiro atoms. The number of aliphatic carboxylic acids is 1. The fraction of sp³-hybridized carbons (Fsp3) is 0.160. The van der Waals surface area contributed by atoms with Crippen LogP contribution in [-0.2, 0) is 18.4 Å². The number of nitrogen functional groups attached to an aromatic ring is 1. The van der Waals surface area contributed by atoms with E-state index in [9.17, 15) is 9.59 Å². The van der Waals surface area contributed by atoms with Gasteiger partial charge in [-0.25, -0.2) is 9.97 Å². The first kappa shape index (κ1) is 34.1. The van der Waals surface area contributed by atoms with Crippen LogP contribution >= 0.6 is 0 Å². The SMILES string of the molecule is Cn1c(CNc2ccc(C(=N)N)cc2)nc2cc(C(=O)N(CCC(=O)O)c3ccccn3)ccc21.O.O.O.O. The van der Waals surface area contributed by atoms with Crippen molar-refractivity contribution in [1.82, 2.24) is 14.5 Å². The number of nitrogens with two attached hydrogens (primary N) is 1. The molecule has 0 saturated carbocycles. The van der Waals surface area contributed by atoms with E-state index >= 15 is 0 Å². The smallest absolute Gasteiger partial charge is 0.305 e. The van der Waals surface area contributed by atoms with Crippen molar-refractivity contribution in [3.05, 3.63) is 83.8 Å². The molecule has 2 heterocycles. The molecule has 0 aliphatic heterocycles. The number of amides is 1. The number of fused-ring (bicyclic) bond motifs is 1. The number of nitrogens with one attached hydrogen (secondary N) is 2. The van der Waals surface area contributed by atoms with Crippen LogP contribution in [0, 0.1) is 5.41 Å². The number of hydrogen-bond donors (Lipinski definition) is 4. The Hall–Kier alpha value is -4.89. The molecule has 4 rings (SSSR count). The minimum atomic E-state index is -0.994. The van der Waals surface area contributed by atoms with Crippen molar-refractivity contribution in [1.29, 1.82) is 5.41 Å². The van der Waals surface area contributed by atoms with Gasteiger partial charge in [0.05, 0.1) is 24.0 Å². The molecule has 0 radical (unpaired) electrons. The van der Waals surface area contributed by atoms with Gasteiger partial charge in [0.2, 0.25) is 0 Å². The molecule has 0 unspecified atom stereocenters. The lowest BCUT2D eigenvalue weighted by molar-refractivity contribution is -0.136. The van der Waals surface area contributed by atoms with Crippen LogP contribution in [-0.4, -0.2) is 65.8 Å². The lowest BCUT2D eigenvalue weighted by atomic mass is 10.1. The van der Waals surface area contributed by atoms with Crippen molar-refractivity contribution in [2.75, 3.05) is 16.8 Å². The van der Waals surface area contributed by atoms with Gasteiger partial charge in [-0.05, 0) is 54.6 Å². The van der Waals surface area contributed by atoms with Gasteiger partial charge in [-0.3, -0.25) is 19.9 Å². The van der Waals surface area contributed by atoms with E-state index in [1.165, 1.54) is 4.90 Å². The minimum absolute atomic E-state index is 0. The lowest BCUT2D eigenvalue weighted by Gasteiger charge is -2.21. The molecule has 14 heteroatoms. The number of carboxylic acid groups (broad SMARTS) is 1. The molecule has 14 nitrogen and oxygen atoms in total. The summed E-state index contributed by atoms with van der Waals surface area (Å²) in [5.74, 6) is -0.162. The van der Waals surface area contributed by atoms with E-state index in [0.29, 0.717) is 29.0 Å². The summed E-state index contributed by atoms with van der Waals surface area (Å²) in [6.45, 7) is 0.454. The van der Waals surface area contributed by atoms with E-state index in [1.54, 1.807) is 48.7 Å². The highest BCUT2D eigenvalue weighted by atomic mass is 16.4. The van der Waals surface area contributed by atoms with Crippen LogP contribution in [0.2, 0.25) is 0 Å². The number of rotatable bonds is 9. The number of carbonyl (C=O) groups excluding carboxylic acids is 1. The molecule has 0 aliphatic carbocycles. The zero-order valence-electron chi connectivity index (χ0n) is 21.1. The third-order valence-corrected chi connectivity index (χ3v) is 5.59. The molecule has 0 saturated heterocycles. The molecule has 0 aliphatic rings. The maximum absolute atomic E-state index is 13.3. The predicted octanol–water partition coefficient (Wildman–Crippen LogP) is -0.313. The summed E-state index contributed by atoms with van der Waals surface area (Å²) in [7, 11) is 1.90. The van der Waals surface area contributed by atoms with Crippen LogP contribution < -0.4 is 16.0 Å².